The van der Waals surface area contributed by atoms with Crippen LogP contribution < -0.4 is 16.6 Å². The Hall–Kier alpha value is -1.36. The second-order valence-electron chi connectivity index (χ2n) is 3.59. The molecule has 0 aliphatic heterocycles. The zero-order valence-corrected chi connectivity index (χ0v) is 8.20. The van der Waals surface area contributed by atoms with Gasteiger partial charge >= 0.3 is 0 Å². The molecule has 0 radical (unpaired) electrons. The van der Waals surface area contributed by atoms with E-state index in [0.29, 0.717) is 11.9 Å². The highest BCUT2D eigenvalue weighted by Gasteiger charge is 2.35. The Morgan fingerprint density at radius 1 is 1.50 bits per heavy atom. The number of nitrogens with one attached hydrogen (secondary N) is 2. The molecule has 2 rings (SSSR count). The summed E-state index contributed by atoms with van der Waals surface area (Å²) in [6.07, 6.45) is 3.97. The Morgan fingerprint density at radius 3 is 2.93 bits per heavy atom. The number of rotatable bonds is 4. The smallest absolute Gasteiger partial charge is 0.145 e. The van der Waals surface area contributed by atoms with Crippen LogP contribution in [0.5, 0.6) is 0 Å². The van der Waals surface area contributed by atoms with E-state index in [1.165, 1.54) is 19.2 Å². The predicted octanol–water partition coefficient (Wildman–Crippen LogP) is 0.973. The third kappa shape index (κ3) is 1.93. The summed E-state index contributed by atoms with van der Waals surface area (Å²) in [5, 5.41) is 3.34. The first-order valence-electron chi connectivity index (χ1n) is 4.88. The molecule has 0 amide bonds. The summed E-state index contributed by atoms with van der Waals surface area (Å²) in [5.41, 5.74) is 2.50. The zero-order valence-electron chi connectivity index (χ0n) is 8.20. The van der Waals surface area contributed by atoms with Crippen molar-refractivity contribution in [2.24, 2.45) is 11.8 Å². The first-order chi connectivity index (χ1) is 6.83. The van der Waals surface area contributed by atoms with Crippen molar-refractivity contribution in [1.82, 2.24) is 9.97 Å². The first-order valence-corrected chi connectivity index (χ1v) is 4.88. The van der Waals surface area contributed by atoms with E-state index in [4.69, 9.17) is 5.84 Å². The molecule has 1 heterocycles. The molecule has 14 heavy (non-hydrogen) atoms. The van der Waals surface area contributed by atoms with Gasteiger partial charge in [0.1, 0.15) is 18.0 Å². The molecule has 4 N–H and O–H groups in total. The van der Waals surface area contributed by atoms with Crippen LogP contribution in [-0.4, -0.2) is 16.0 Å². The van der Waals surface area contributed by atoms with Crippen molar-refractivity contribution in [3.63, 3.8) is 0 Å². The van der Waals surface area contributed by atoms with Crippen LogP contribution in [0.1, 0.15) is 19.8 Å². The number of nitrogens with zero attached hydrogens (tertiary/aromatic N) is 2. The Morgan fingerprint density at radius 2 is 2.29 bits per heavy atom. The maximum absolute atomic E-state index is 5.25. The van der Waals surface area contributed by atoms with Crippen molar-refractivity contribution in [1.29, 1.82) is 0 Å². The Bertz CT molecular complexity index is 314. The number of nitrogen functional groups attached to an aromatic ring is 1. The highest BCUT2D eigenvalue weighted by Crippen LogP contribution is 2.35. The largest absolute Gasteiger partial charge is 0.367 e. The van der Waals surface area contributed by atoms with Gasteiger partial charge in [0.2, 0.25) is 0 Å². The van der Waals surface area contributed by atoms with E-state index in [-0.39, 0.29) is 0 Å². The van der Waals surface area contributed by atoms with Crippen molar-refractivity contribution in [3.8, 4) is 0 Å². The van der Waals surface area contributed by atoms with Crippen LogP contribution in [-0.2, 0) is 0 Å². The summed E-state index contributed by atoms with van der Waals surface area (Å²) < 4.78 is 0. The lowest BCUT2D eigenvalue weighted by atomic mass is 10.3. The monoisotopic (exact) mass is 193 g/mol. The van der Waals surface area contributed by atoms with Crippen LogP contribution >= 0.6 is 0 Å². The molecular weight excluding hydrogens is 178 g/mol. The Balaban J connectivity index is 1.96. The van der Waals surface area contributed by atoms with E-state index in [1.807, 2.05) is 6.07 Å². The fourth-order valence-corrected chi connectivity index (χ4v) is 1.58. The molecule has 1 fully saturated rings. The molecule has 2 atom stereocenters. The molecular formula is C9H15N5. The maximum Gasteiger partial charge on any atom is 0.145 e. The van der Waals surface area contributed by atoms with E-state index >= 15 is 0 Å². The lowest BCUT2D eigenvalue weighted by molar-refractivity contribution is 0.773. The minimum atomic E-state index is 0.584. The van der Waals surface area contributed by atoms with E-state index in [0.717, 1.165) is 11.7 Å². The fraction of sp³-hybridized carbons (Fsp3) is 0.556. The van der Waals surface area contributed by atoms with Gasteiger partial charge in [-0.05, 0) is 12.3 Å². The molecule has 0 aromatic carbocycles. The standard InChI is InChI=1S/C9H15N5/c1-2-6-3-7(6)13-8-4-9(14-10)12-5-11-8/h4-7H,2-3,10H2,1H3,(H2,11,12,13,14). The van der Waals surface area contributed by atoms with Crippen molar-refractivity contribution >= 4 is 11.6 Å². The van der Waals surface area contributed by atoms with Crippen molar-refractivity contribution in [2.45, 2.75) is 25.8 Å². The van der Waals surface area contributed by atoms with Crippen LogP contribution in [0.3, 0.4) is 0 Å². The second kappa shape index (κ2) is 3.79. The topological polar surface area (TPSA) is 75.9 Å². The maximum atomic E-state index is 5.25. The van der Waals surface area contributed by atoms with Crippen LogP contribution in [0.15, 0.2) is 12.4 Å². The third-order valence-electron chi connectivity index (χ3n) is 2.60. The quantitative estimate of drug-likeness (QED) is 0.490. The molecule has 1 aliphatic carbocycles. The number of hydrazine groups is 1. The van der Waals surface area contributed by atoms with E-state index in [9.17, 15) is 0 Å². The van der Waals surface area contributed by atoms with Crippen LogP contribution in [0.4, 0.5) is 11.6 Å². The van der Waals surface area contributed by atoms with Crippen molar-refractivity contribution < 1.29 is 0 Å². The van der Waals surface area contributed by atoms with Gasteiger partial charge in [0, 0.05) is 12.1 Å². The molecule has 1 aromatic rings. The van der Waals surface area contributed by atoms with Gasteiger partial charge < -0.3 is 10.7 Å². The summed E-state index contributed by atoms with van der Waals surface area (Å²) in [4.78, 5) is 8.06. The highest BCUT2D eigenvalue weighted by atomic mass is 15.3. The van der Waals surface area contributed by atoms with Gasteiger partial charge in [0.05, 0.1) is 0 Å². The van der Waals surface area contributed by atoms with Gasteiger partial charge in [-0.15, -0.1) is 0 Å². The number of aromatic nitrogens is 2. The molecule has 1 aromatic heterocycles. The zero-order chi connectivity index (χ0) is 9.97. The second-order valence-corrected chi connectivity index (χ2v) is 3.59. The molecule has 1 saturated carbocycles. The summed E-state index contributed by atoms with van der Waals surface area (Å²) >= 11 is 0. The number of anilines is 2. The fourth-order valence-electron chi connectivity index (χ4n) is 1.58. The normalized spacial score (nSPS) is 24.4. The van der Waals surface area contributed by atoms with Crippen molar-refractivity contribution in [3.05, 3.63) is 12.4 Å². The molecule has 5 heteroatoms. The van der Waals surface area contributed by atoms with Crippen LogP contribution in [0.25, 0.3) is 0 Å². The van der Waals surface area contributed by atoms with Crippen LogP contribution in [0.2, 0.25) is 0 Å². The highest BCUT2D eigenvalue weighted by molar-refractivity contribution is 5.47. The summed E-state index contributed by atoms with van der Waals surface area (Å²) in [6.45, 7) is 2.21. The summed E-state index contributed by atoms with van der Waals surface area (Å²) in [5.74, 6) is 7.53. The lowest BCUT2D eigenvalue weighted by Gasteiger charge is -2.05. The molecule has 0 spiro atoms. The average Bonchev–Trinajstić information content (AvgIpc) is 2.97. The SMILES string of the molecule is CCC1CC1Nc1cc(NN)ncn1. The van der Waals surface area contributed by atoms with Gasteiger partial charge in [-0.1, -0.05) is 13.3 Å². The summed E-state index contributed by atoms with van der Waals surface area (Å²) in [7, 11) is 0. The minimum Gasteiger partial charge on any atom is -0.367 e. The van der Waals surface area contributed by atoms with E-state index in [2.05, 4.69) is 27.6 Å². The van der Waals surface area contributed by atoms with E-state index in [1.54, 1.807) is 0 Å². The molecule has 2 unspecified atom stereocenters. The number of nitrogens with two attached hydrogens (primary N) is 1. The van der Waals surface area contributed by atoms with Gasteiger partial charge in [0.25, 0.3) is 0 Å². The Kier molecular flexibility index (Phi) is 2.49. The summed E-state index contributed by atoms with van der Waals surface area (Å²) in [6, 6.07) is 2.39. The molecule has 76 valence electrons. The predicted molar refractivity (Wildman–Crippen MR) is 55.7 cm³/mol. The molecule has 0 bridgehead atoms. The average molecular weight is 193 g/mol. The van der Waals surface area contributed by atoms with Gasteiger partial charge in [0.15, 0.2) is 0 Å². The molecule has 0 saturated heterocycles. The molecule has 1 aliphatic rings. The third-order valence-corrected chi connectivity index (χ3v) is 2.60. The minimum absolute atomic E-state index is 0.584. The molecule has 5 nitrogen and oxygen atoms in total. The Labute approximate surface area is 83.1 Å². The van der Waals surface area contributed by atoms with Crippen LogP contribution in [0, 0.1) is 5.92 Å². The number of hydrogen-bond donors (Lipinski definition) is 3. The number of hydrogen-bond acceptors (Lipinski definition) is 5. The van der Waals surface area contributed by atoms with E-state index < -0.39 is 0 Å². The van der Waals surface area contributed by atoms with Gasteiger partial charge in [-0.2, -0.15) is 0 Å². The van der Waals surface area contributed by atoms with Gasteiger partial charge in [-0.3, -0.25) is 0 Å². The first kappa shape index (κ1) is 9.21. The lowest BCUT2D eigenvalue weighted by Crippen LogP contribution is -2.11. The van der Waals surface area contributed by atoms with Gasteiger partial charge in [-0.25, -0.2) is 15.8 Å². The van der Waals surface area contributed by atoms with Crippen molar-refractivity contribution in [2.75, 3.05) is 10.7 Å².